The number of carbonyl (C=O) groups is 1. The van der Waals surface area contributed by atoms with Crippen molar-refractivity contribution < 1.29 is 9.53 Å². The summed E-state index contributed by atoms with van der Waals surface area (Å²) >= 11 is 1.37. The lowest BCUT2D eigenvalue weighted by atomic mass is 9.98. The predicted octanol–water partition coefficient (Wildman–Crippen LogP) is 4.82. The molecule has 0 radical (unpaired) electrons. The van der Waals surface area contributed by atoms with Crippen LogP contribution in [-0.4, -0.2) is 38.5 Å². The van der Waals surface area contributed by atoms with Crippen LogP contribution in [0.3, 0.4) is 0 Å². The molecule has 8 heteroatoms. The fourth-order valence-corrected chi connectivity index (χ4v) is 4.61. The van der Waals surface area contributed by atoms with Crippen molar-refractivity contribution in [2.75, 3.05) is 12.9 Å². The highest BCUT2D eigenvalue weighted by Crippen LogP contribution is 2.27. The molecule has 1 atom stereocenters. The lowest BCUT2D eigenvalue weighted by Crippen LogP contribution is -2.30. The van der Waals surface area contributed by atoms with E-state index in [2.05, 4.69) is 20.4 Å². The molecule has 0 bridgehead atoms. The van der Waals surface area contributed by atoms with Gasteiger partial charge in [0.25, 0.3) is 0 Å². The molecule has 1 amide bonds. The second-order valence-electron chi connectivity index (χ2n) is 7.78. The molecular formula is C27H23N5O2S. The zero-order valence-corrected chi connectivity index (χ0v) is 19.9. The molecule has 0 saturated carbocycles. The molecule has 0 spiro atoms. The van der Waals surface area contributed by atoms with Crippen LogP contribution >= 0.6 is 11.8 Å². The smallest absolute Gasteiger partial charge is 0.231 e. The summed E-state index contributed by atoms with van der Waals surface area (Å²) in [5, 5.41) is 9.18. The summed E-state index contributed by atoms with van der Waals surface area (Å²) in [6, 6.07) is 27.2. The monoisotopic (exact) mass is 481 g/mol. The van der Waals surface area contributed by atoms with Crippen LogP contribution in [0.2, 0.25) is 0 Å². The molecule has 2 heterocycles. The molecule has 0 fully saturated rings. The number of amides is 1. The van der Waals surface area contributed by atoms with Gasteiger partial charge in [0, 0.05) is 0 Å². The van der Waals surface area contributed by atoms with Crippen molar-refractivity contribution in [3.63, 3.8) is 0 Å². The fourth-order valence-electron chi connectivity index (χ4n) is 3.83. The summed E-state index contributed by atoms with van der Waals surface area (Å²) in [6.45, 7) is 0. The zero-order valence-electron chi connectivity index (χ0n) is 19.0. The first-order valence-electron chi connectivity index (χ1n) is 11.1. The second kappa shape index (κ2) is 10.4. The molecule has 2 aromatic heterocycles. The van der Waals surface area contributed by atoms with Gasteiger partial charge < -0.3 is 10.1 Å². The highest BCUT2D eigenvalue weighted by molar-refractivity contribution is 8.00. The average Bonchev–Trinajstić information content (AvgIpc) is 3.36. The number of hydrogen-bond donors (Lipinski definition) is 1. The Labute approximate surface area is 207 Å². The van der Waals surface area contributed by atoms with Gasteiger partial charge in [-0.05, 0) is 35.4 Å². The van der Waals surface area contributed by atoms with Crippen LogP contribution in [0.1, 0.15) is 17.2 Å². The van der Waals surface area contributed by atoms with E-state index >= 15 is 0 Å². The number of methoxy groups -OCH3 is 1. The Morgan fingerprint density at radius 1 is 0.943 bits per heavy atom. The van der Waals surface area contributed by atoms with E-state index in [-0.39, 0.29) is 17.7 Å². The standard InChI is InChI=1S/C27H23N5O2S/c1-34-22-14-12-20(13-15-22)25(19-8-4-2-5-9-19)31-24(33)17-35-27-23-16-30-32(26(23)28-18-29-27)21-10-6-3-7-11-21/h2-16,18,25H,17H2,1H3,(H,31,33)/t25-/m1/s1. The number of nitrogens with zero attached hydrogens (tertiary/aromatic N) is 4. The normalized spacial score (nSPS) is 11.8. The molecule has 35 heavy (non-hydrogen) atoms. The molecule has 5 aromatic rings. The van der Waals surface area contributed by atoms with Gasteiger partial charge in [-0.2, -0.15) is 5.10 Å². The summed E-state index contributed by atoms with van der Waals surface area (Å²) in [5.41, 5.74) is 3.60. The van der Waals surface area contributed by atoms with Gasteiger partial charge in [-0.1, -0.05) is 72.4 Å². The molecule has 0 aliphatic carbocycles. The fraction of sp³-hybridized carbons (Fsp3) is 0.111. The summed E-state index contributed by atoms with van der Waals surface area (Å²) in [5.74, 6) is 0.885. The van der Waals surface area contributed by atoms with Gasteiger partial charge >= 0.3 is 0 Å². The number of thioether (sulfide) groups is 1. The zero-order chi connectivity index (χ0) is 24.0. The van der Waals surface area contributed by atoms with E-state index in [4.69, 9.17) is 4.74 Å². The minimum Gasteiger partial charge on any atom is -0.497 e. The number of nitrogens with one attached hydrogen (secondary N) is 1. The molecule has 0 saturated heterocycles. The number of fused-ring (bicyclic) bond motifs is 1. The van der Waals surface area contributed by atoms with Crippen molar-refractivity contribution in [1.29, 1.82) is 0 Å². The van der Waals surface area contributed by atoms with Crippen LogP contribution in [0.5, 0.6) is 5.75 Å². The van der Waals surface area contributed by atoms with E-state index in [9.17, 15) is 4.79 Å². The Balaban J connectivity index is 1.34. The Hall–Kier alpha value is -4.17. The number of ether oxygens (including phenoxy) is 1. The van der Waals surface area contributed by atoms with Crippen molar-refractivity contribution >= 4 is 28.7 Å². The van der Waals surface area contributed by atoms with Gasteiger partial charge in [0.05, 0.1) is 36.2 Å². The highest BCUT2D eigenvalue weighted by Gasteiger charge is 2.18. The third kappa shape index (κ3) is 5.02. The van der Waals surface area contributed by atoms with Crippen LogP contribution < -0.4 is 10.1 Å². The van der Waals surface area contributed by atoms with Gasteiger partial charge in [-0.15, -0.1) is 0 Å². The molecule has 3 aromatic carbocycles. The Morgan fingerprint density at radius 3 is 2.34 bits per heavy atom. The van der Waals surface area contributed by atoms with Crippen molar-refractivity contribution in [2.24, 2.45) is 0 Å². The summed E-state index contributed by atoms with van der Waals surface area (Å²) in [7, 11) is 1.64. The molecule has 1 N–H and O–H groups in total. The molecular weight excluding hydrogens is 458 g/mol. The number of para-hydroxylation sites is 1. The lowest BCUT2D eigenvalue weighted by Gasteiger charge is -2.20. The molecule has 0 unspecified atom stereocenters. The van der Waals surface area contributed by atoms with E-state index in [1.807, 2.05) is 84.9 Å². The first-order valence-corrected chi connectivity index (χ1v) is 12.1. The Bertz CT molecular complexity index is 1420. The molecule has 7 nitrogen and oxygen atoms in total. The minimum absolute atomic E-state index is 0.0955. The largest absolute Gasteiger partial charge is 0.497 e. The van der Waals surface area contributed by atoms with E-state index in [1.165, 1.54) is 18.1 Å². The molecule has 174 valence electrons. The SMILES string of the molecule is COc1ccc([C@H](NC(=O)CSc2ncnc3c2cnn3-c2ccccc2)c2ccccc2)cc1. The van der Waals surface area contributed by atoms with E-state index in [0.717, 1.165) is 28.0 Å². The van der Waals surface area contributed by atoms with E-state index in [0.29, 0.717) is 10.7 Å². The quantitative estimate of drug-likeness (QED) is 0.253. The molecule has 0 aliphatic heterocycles. The first kappa shape index (κ1) is 22.6. The number of benzene rings is 3. The van der Waals surface area contributed by atoms with Gasteiger partial charge in [-0.3, -0.25) is 4.79 Å². The van der Waals surface area contributed by atoms with Crippen molar-refractivity contribution in [3.8, 4) is 11.4 Å². The maximum absolute atomic E-state index is 13.0. The third-order valence-corrected chi connectivity index (χ3v) is 6.56. The van der Waals surface area contributed by atoms with Gasteiger partial charge in [0.15, 0.2) is 5.65 Å². The third-order valence-electron chi connectivity index (χ3n) is 5.56. The second-order valence-corrected chi connectivity index (χ2v) is 8.75. The van der Waals surface area contributed by atoms with Gasteiger partial charge in [-0.25, -0.2) is 14.6 Å². The average molecular weight is 482 g/mol. The van der Waals surface area contributed by atoms with Crippen molar-refractivity contribution in [3.05, 3.63) is 109 Å². The number of rotatable bonds is 8. The molecule has 0 aliphatic rings. The van der Waals surface area contributed by atoms with Gasteiger partial charge in [0.1, 0.15) is 17.1 Å². The van der Waals surface area contributed by atoms with Crippen LogP contribution in [0, 0.1) is 0 Å². The van der Waals surface area contributed by atoms with E-state index in [1.54, 1.807) is 18.0 Å². The first-order chi connectivity index (χ1) is 17.2. The Kier molecular flexibility index (Phi) is 6.72. The molecule has 5 rings (SSSR count). The summed E-state index contributed by atoms with van der Waals surface area (Å²) < 4.78 is 7.05. The maximum atomic E-state index is 13.0. The van der Waals surface area contributed by atoms with Crippen molar-refractivity contribution in [1.82, 2.24) is 25.1 Å². The minimum atomic E-state index is -0.276. The number of aromatic nitrogens is 4. The van der Waals surface area contributed by atoms with Crippen molar-refractivity contribution in [2.45, 2.75) is 11.1 Å². The lowest BCUT2D eigenvalue weighted by molar-refractivity contribution is -0.119. The van der Waals surface area contributed by atoms with Crippen LogP contribution in [0.15, 0.2) is 102 Å². The topological polar surface area (TPSA) is 81.9 Å². The van der Waals surface area contributed by atoms with E-state index < -0.39 is 0 Å². The van der Waals surface area contributed by atoms with Gasteiger partial charge in [0.2, 0.25) is 5.91 Å². The maximum Gasteiger partial charge on any atom is 0.231 e. The summed E-state index contributed by atoms with van der Waals surface area (Å²) in [6.07, 6.45) is 3.25. The van der Waals surface area contributed by atoms with Crippen LogP contribution in [0.4, 0.5) is 0 Å². The number of carbonyl (C=O) groups excluding carboxylic acids is 1. The van der Waals surface area contributed by atoms with Crippen LogP contribution in [0.25, 0.3) is 16.7 Å². The Morgan fingerprint density at radius 2 is 1.63 bits per heavy atom. The summed E-state index contributed by atoms with van der Waals surface area (Å²) in [4.78, 5) is 21.9. The highest BCUT2D eigenvalue weighted by atomic mass is 32.2. The predicted molar refractivity (Wildman–Crippen MR) is 137 cm³/mol. The number of hydrogen-bond acceptors (Lipinski definition) is 6. The van der Waals surface area contributed by atoms with Crippen LogP contribution in [-0.2, 0) is 4.79 Å².